The Morgan fingerprint density at radius 1 is 1.04 bits per heavy atom. The lowest BCUT2D eigenvalue weighted by molar-refractivity contribution is 0.0951. The third-order valence-corrected chi connectivity index (χ3v) is 3.74. The molecule has 2 aromatic carbocycles. The number of hydrogen-bond acceptors (Lipinski definition) is 4. The monoisotopic (exact) mass is 348 g/mol. The second kappa shape index (κ2) is 7.83. The van der Waals surface area contributed by atoms with Crippen LogP contribution < -0.4 is 14.8 Å². The molecule has 0 atom stereocenters. The molecule has 0 fully saturated rings. The summed E-state index contributed by atoms with van der Waals surface area (Å²) in [6, 6.07) is 13.7. The minimum atomic E-state index is -3.33. The molecule has 24 heavy (non-hydrogen) atoms. The average Bonchev–Trinajstić information content (AvgIpc) is 2.53. The van der Waals surface area contributed by atoms with Crippen LogP contribution in [0.2, 0.25) is 0 Å². The van der Waals surface area contributed by atoms with Crippen molar-refractivity contribution in [2.45, 2.75) is 13.5 Å². The molecule has 1 amide bonds. The van der Waals surface area contributed by atoms with E-state index < -0.39 is 10.0 Å². The van der Waals surface area contributed by atoms with Gasteiger partial charge in [-0.3, -0.25) is 9.52 Å². The summed E-state index contributed by atoms with van der Waals surface area (Å²) < 4.78 is 30.0. The Labute approximate surface area is 141 Å². The fourth-order valence-electron chi connectivity index (χ4n) is 2.06. The van der Waals surface area contributed by atoms with Crippen molar-refractivity contribution in [1.82, 2.24) is 5.32 Å². The number of rotatable bonds is 7. The molecule has 0 aliphatic carbocycles. The van der Waals surface area contributed by atoms with Gasteiger partial charge in [0.1, 0.15) is 5.75 Å². The lowest BCUT2D eigenvalue weighted by Gasteiger charge is -2.08. The third kappa shape index (κ3) is 5.58. The van der Waals surface area contributed by atoms with E-state index in [2.05, 4.69) is 10.0 Å². The Hall–Kier alpha value is -2.54. The van der Waals surface area contributed by atoms with Gasteiger partial charge in [-0.25, -0.2) is 8.42 Å². The molecule has 6 nitrogen and oxygen atoms in total. The fourth-order valence-corrected chi connectivity index (χ4v) is 2.62. The van der Waals surface area contributed by atoms with E-state index in [1.54, 1.807) is 24.3 Å². The van der Waals surface area contributed by atoms with Crippen molar-refractivity contribution in [2.24, 2.45) is 0 Å². The minimum Gasteiger partial charge on any atom is -0.494 e. The lowest BCUT2D eigenvalue weighted by Crippen LogP contribution is -2.22. The van der Waals surface area contributed by atoms with Gasteiger partial charge >= 0.3 is 0 Å². The summed E-state index contributed by atoms with van der Waals surface area (Å²) in [4.78, 5) is 12.1. The van der Waals surface area contributed by atoms with Crippen LogP contribution >= 0.6 is 0 Å². The molecule has 128 valence electrons. The smallest absolute Gasteiger partial charge is 0.251 e. The summed E-state index contributed by atoms with van der Waals surface area (Å²) in [5.74, 6) is 0.566. The van der Waals surface area contributed by atoms with Crippen LogP contribution in [0.5, 0.6) is 5.75 Å². The highest BCUT2D eigenvalue weighted by molar-refractivity contribution is 7.92. The maximum atomic E-state index is 12.1. The zero-order valence-corrected chi connectivity index (χ0v) is 14.4. The summed E-state index contributed by atoms with van der Waals surface area (Å²) in [6.07, 6.45) is 1.07. The van der Waals surface area contributed by atoms with E-state index in [0.29, 0.717) is 24.4 Å². The number of hydrogen-bond donors (Lipinski definition) is 2. The van der Waals surface area contributed by atoms with Gasteiger partial charge in [-0.2, -0.15) is 0 Å². The number of sulfonamides is 1. The van der Waals surface area contributed by atoms with Crippen molar-refractivity contribution >= 4 is 21.6 Å². The van der Waals surface area contributed by atoms with Crippen LogP contribution in [0, 0.1) is 0 Å². The van der Waals surface area contributed by atoms with E-state index in [4.69, 9.17) is 4.74 Å². The van der Waals surface area contributed by atoms with Crippen molar-refractivity contribution in [3.63, 3.8) is 0 Å². The van der Waals surface area contributed by atoms with Crippen molar-refractivity contribution < 1.29 is 17.9 Å². The predicted octanol–water partition coefficient (Wildman–Crippen LogP) is 2.39. The Morgan fingerprint density at radius 3 is 2.21 bits per heavy atom. The molecular formula is C17H20N2O4S. The molecule has 2 N–H and O–H groups in total. The SMILES string of the molecule is CCOc1ccc(CNC(=O)c2ccc(NS(C)(=O)=O)cc2)cc1. The van der Waals surface area contributed by atoms with E-state index >= 15 is 0 Å². The first-order valence-electron chi connectivity index (χ1n) is 7.45. The Bertz CT molecular complexity index is 784. The topological polar surface area (TPSA) is 84.5 Å². The zero-order chi connectivity index (χ0) is 17.6. The van der Waals surface area contributed by atoms with Gasteiger partial charge in [0.15, 0.2) is 0 Å². The quantitative estimate of drug-likeness (QED) is 0.805. The number of benzene rings is 2. The summed E-state index contributed by atoms with van der Waals surface area (Å²) in [5, 5.41) is 2.82. The van der Waals surface area contributed by atoms with E-state index in [1.807, 2.05) is 31.2 Å². The highest BCUT2D eigenvalue weighted by atomic mass is 32.2. The number of anilines is 1. The first kappa shape index (κ1) is 17.8. The van der Waals surface area contributed by atoms with Crippen LogP contribution in [-0.2, 0) is 16.6 Å². The van der Waals surface area contributed by atoms with Gasteiger partial charge in [-0.1, -0.05) is 12.1 Å². The van der Waals surface area contributed by atoms with Crippen LogP contribution in [0.1, 0.15) is 22.8 Å². The molecule has 7 heteroatoms. The number of carbonyl (C=O) groups is 1. The van der Waals surface area contributed by atoms with E-state index in [-0.39, 0.29) is 5.91 Å². The molecule has 2 rings (SSSR count). The minimum absolute atomic E-state index is 0.227. The van der Waals surface area contributed by atoms with E-state index in [9.17, 15) is 13.2 Å². The van der Waals surface area contributed by atoms with Crippen LogP contribution in [-0.4, -0.2) is 27.2 Å². The van der Waals surface area contributed by atoms with Crippen LogP contribution in [0.4, 0.5) is 5.69 Å². The molecule has 0 unspecified atom stereocenters. The normalized spacial score (nSPS) is 10.9. The van der Waals surface area contributed by atoms with Crippen LogP contribution in [0.3, 0.4) is 0 Å². The zero-order valence-electron chi connectivity index (χ0n) is 13.6. The molecule has 0 aliphatic heterocycles. The van der Waals surface area contributed by atoms with Gasteiger partial charge in [-0.05, 0) is 48.9 Å². The van der Waals surface area contributed by atoms with Gasteiger partial charge in [0.2, 0.25) is 10.0 Å². The molecule has 0 radical (unpaired) electrons. The molecule has 0 saturated carbocycles. The van der Waals surface area contributed by atoms with E-state index in [1.165, 1.54) is 0 Å². The third-order valence-electron chi connectivity index (χ3n) is 3.14. The summed E-state index contributed by atoms with van der Waals surface area (Å²) >= 11 is 0. The molecule has 0 spiro atoms. The number of ether oxygens (including phenoxy) is 1. The summed E-state index contributed by atoms with van der Waals surface area (Å²) in [5.41, 5.74) is 1.84. The highest BCUT2D eigenvalue weighted by Crippen LogP contribution is 2.13. The largest absolute Gasteiger partial charge is 0.494 e. The Kier molecular flexibility index (Phi) is 5.81. The number of amides is 1. The standard InChI is InChI=1S/C17H20N2O4S/c1-3-23-16-10-4-13(5-11-16)12-18-17(20)14-6-8-15(9-7-14)19-24(2,21)22/h4-11,19H,3,12H2,1-2H3,(H,18,20). The van der Waals surface area contributed by atoms with Gasteiger partial charge in [-0.15, -0.1) is 0 Å². The second-order valence-electron chi connectivity index (χ2n) is 5.21. The Balaban J connectivity index is 1.92. The predicted molar refractivity (Wildman–Crippen MR) is 93.7 cm³/mol. The number of nitrogens with one attached hydrogen (secondary N) is 2. The van der Waals surface area contributed by atoms with Gasteiger partial charge in [0.05, 0.1) is 12.9 Å². The molecular weight excluding hydrogens is 328 g/mol. The highest BCUT2D eigenvalue weighted by Gasteiger charge is 2.07. The fraction of sp³-hybridized carbons (Fsp3) is 0.235. The number of carbonyl (C=O) groups excluding carboxylic acids is 1. The van der Waals surface area contributed by atoms with Crippen molar-refractivity contribution in [1.29, 1.82) is 0 Å². The van der Waals surface area contributed by atoms with Gasteiger partial charge in [0.25, 0.3) is 5.91 Å². The molecule has 0 saturated heterocycles. The lowest BCUT2D eigenvalue weighted by atomic mass is 10.2. The average molecular weight is 348 g/mol. The second-order valence-corrected chi connectivity index (χ2v) is 6.96. The summed E-state index contributed by atoms with van der Waals surface area (Å²) in [6.45, 7) is 2.93. The molecule has 0 bridgehead atoms. The van der Waals surface area contributed by atoms with Crippen molar-refractivity contribution in [3.8, 4) is 5.75 Å². The summed E-state index contributed by atoms with van der Waals surface area (Å²) in [7, 11) is -3.33. The van der Waals surface area contributed by atoms with Gasteiger partial charge in [0, 0.05) is 17.8 Å². The molecule has 0 aromatic heterocycles. The first-order chi connectivity index (χ1) is 11.4. The van der Waals surface area contributed by atoms with Crippen LogP contribution in [0.25, 0.3) is 0 Å². The maximum Gasteiger partial charge on any atom is 0.251 e. The van der Waals surface area contributed by atoms with Crippen LogP contribution in [0.15, 0.2) is 48.5 Å². The van der Waals surface area contributed by atoms with E-state index in [0.717, 1.165) is 17.6 Å². The molecule has 0 heterocycles. The van der Waals surface area contributed by atoms with Gasteiger partial charge < -0.3 is 10.1 Å². The van der Waals surface area contributed by atoms with Crippen molar-refractivity contribution in [2.75, 3.05) is 17.6 Å². The first-order valence-corrected chi connectivity index (χ1v) is 9.34. The maximum absolute atomic E-state index is 12.1. The molecule has 0 aliphatic rings. The molecule has 2 aromatic rings. The van der Waals surface area contributed by atoms with Crippen molar-refractivity contribution in [3.05, 3.63) is 59.7 Å². The Morgan fingerprint density at radius 2 is 1.67 bits per heavy atom.